The predicted molar refractivity (Wildman–Crippen MR) is 66.3 cm³/mol. The fourth-order valence-corrected chi connectivity index (χ4v) is 1.63. The van der Waals surface area contributed by atoms with Gasteiger partial charge in [0.1, 0.15) is 24.5 Å². The lowest BCUT2D eigenvalue weighted by atomic mass is 9.80. The Labute approximate surface area is 109 Å². The van der Waals surface area contributed by atoms with Crippen molar-refractivity contribution < 1.29 is 19.2 Å². The third-order valence-corrected chi connectivity index (χ3v) is 2.55. The molecule has 0 radical (unpaired) electrons. The molecule has 2 rings (SSSR count). The topological polar surface area (TPSA) is 80.4 Å². The van der Waals surface area contributed by atoms with Crippen LogP contribution in [0.2, 0.25) is 0 Å². The number of hydrogen-bond acceptors (Lipinski definition) is 5. The molecule has 0 amide bonds. The van der Waals surface area contributed by atoms with Crippen molar-refractivity contribution in [3.05, 3.63) is 36.2 Å². The van der Waals surface area contributed by atoms with E-state index >= 15 is 0 Å². The van der Waals surface area contributed by atoms with Crippen molar-refractivity contribution >= 4 is 12.6 Å². The molecular formula is C11H13BFN3O3. The molecule has 0 aliphatic carbocycles. The van der Waals surface area contributed by atoms with Gasteiger partial charge in [0.2, 0.25) is 0 Å². The maximum Gasteiger partial charge on any atom is 0.488 e. The number of benzene rings is 1. The van der Waals surface area contributed by atoms with Gasteiger partial charge in [-0.3, -0.25) is 0 Å². The van der Waals surface area contributed by atoms with Gasteiger partial charge >= 0.3 is 7.12 Å². The molecular weight excluding hydrogens is 252 g/mol. The second-order valence-corrected chi connectivity index (χ2v) is 3.87. The number of ether oxygens (including phenoxy) is 1. The van der Waals surface area contributed by atoms with E-state index in [1.54, 1.807) is 4.68 Å². The average Bonchev–Trinajstić information content (AvgIpc) is 2.83. The van der Waals surface area contributed by atoms with E-state index in [0.29, 0.717) is 12.4 Å². The van der Waals surface area contributed by atoms with Gasteiger partial charge in [-0.1, -0.05) is 0 Å². The fourth-order valence-electron chi connectivity index (χ4n) is 1.63. The molecule has 6 nitrogen and oxygen atoms in total. The Balaban J connectivity index is 2.11. The average molecular weight is 265 g/mol. The molecule has 100 valence electrons. The van der Waals surface area contributed by atoms with Crippen LogP contribution in [0.4, 0.5) is 4.39 Å². The highest BCUT2D eigenvalue weighted by Crippen LogP contribution is 2.12. The van der Waals surface area contributed by atoms with Gasteiger partial charge in [0.25, 0.3) is 0 Å². The van der Waals surface area contributed by atoms with Gasteiger partial charge in [-0.05, 0) is 24.5 Å². The molecule has 1 heterocycles. The number of rotatable bonds is 5. The summed E-state index contributed by atoms with van der Waals surface area (Å²) in [6.45, 7) is 2.70. The van der Waals surface area contributed by atoms with Crippen LogP contribution < -0.4 is 10.2 Å². The second kappa shape index (κ2) is 5.81. The lowest BCUT2D eigenvalue weighted by molar-refractivity contribution is 0.286. The Morgan fingerprint density at radius 3 is 2.84 bits per heavy atom. The Bertz CT molecular complexity index is 562. The standard InChI is InChI=1S/C11H13BFN3O3/c1-2-16-11(14-7-15-16)6-19-10-4-8(12(17)18)3-9(13)5-10/h3-5,7,17-18H,2,6H2,1H3. The Morgan fingerprint density at radius 1 is 1.37 bits per heavy atom. The largest absolute Gasteiger partial charge is 0.488 e. The molecule has 2 aromatic rings. The normalized spacial score (nSPS) is 10.5. The first-order chi connectivity index (χ1) is 9.10. The molecule has 1 aromatic heterocycles. The summed E-state index contributed by atoms with van der Waals surface area (Å²) in [6, 6.07) is 3.56. The van der Waals surface area contributed by atoms with Crippen molar-refractivity contribution in [2.45, 2.75) is 20.1 Å². The number of nitrogens with zero attached hydrogens (tertiary/aromatic N) is 3. The zero-order valence-corrected chi connectivity index (χ0v) is 10.3. The summed E-state index contributed by atoms with van der Waals surface area (Å²) in [5, 5.41) is 22.0. The van der Waals surface area contributed by atoms with E-state index in [1.165, 1.54) is 18.5 Å². The molecule has 0 saturated carbocycles. The maximum absolute atomic E-state index is 13.3. The fraction of sp³-hybridized carbons (Fsp3) is 0.273. The minimum absolute atomic E-state index is 0.0342. The highest BCUT2D eigenvalue weighted by atomic mass is 19.1. The van der Waals surface area contributed by atoms with Gasteiger partial charge in [0.15, 0.2) is 5.82 Å². The van der Waals surface area contributed by atoms with Crippen molar-refractivity contribution in [1.29, 1.82) is 0 Å². The van der Waals surface area contributed by atoms with Gasteiger partial charge in [-0.15, -0.1) is 0 Å². The first-order valence-corrected chi connectivity index (χ1v) is 5.76. The monoisotopic (exact) mass is 265 g/mol. The van der Waals surface area contributed by atoms with Crippen LogP contribution >= 0.6 is 0 Å². The lowest BCUT2D eigenvalue weighted by Crippen LogP contribution is -2.30. The number of halogens is 1. The predicted octanol–water partition coefficient (Wildman–Crippen LogP) is -0.304. The van der Waals surface area contributed by atoms with Gasteiger partial charge in [0, 0.05) is 12.6 Å². The van der Waals surface area contributed by atoms with Crippen LogP contribution in [0, 0.1) is 5.82 Å². The van der Waals surface area contributed by atoms with E-state index in [2.05, 4.69) is 10.1 Å². The van der Waals surface area contributed by atoms with Crippen LogP contribution in [0.5, 0.6) is 5.75 Å². The quantitative estimate of drug-likeness (QED) is 0.725. The molecule has 0 saturated heterocycles. The summed E-state index contributed by atoms with van der Waals surface area (Å²) in [5.41, 5.74) is 0.0342. The summed E-state index contributed by atoms with van der Waals surface area (Å²) in [4.78, 5) is 4.02. The highest BCUT2D eigenvalue weighted by Gasteiger charge is 2.14. The smallest absolute Gasteiger partial charge is 0.486 e. The van der Waals surface area contributed by atoms with Crippen LogP contribution in [0.1, 0.15) is 12.7 Å². The van der Waals surface area contributed by atoms with Crippen LogP contribution in [0.25, 0.3) is 0 Å². The van der Waals surface area contributed by atoms with Crippen molar-refractivity contribution in [1.82, 2.24) is 14.8 Å². The first-order valence-electron chi connectivity index (χ1n) is 5.76. The molecule has 0 bridgehead atoms. The number of aromatic nitrogens is 3. The van der Waals surface area contributed by atoms with E-state index in [0.717, 1.165) is 6.07 Å². The van der Waals surface area contributed by atoms with Gasteiger partial charge in [0.05, 0.1) is 0 Å². The van der Waals surface area contributed by atoms with Crippen LogP contribution in [-0.2, 0) is 13.2 Å². The molecule has 0 aliphatic heterocycles. The van der Waals surface area contributed by atoms with E-state index in [9.17, 15) is 4.39 Å². The molecule has 0 spiro atoms. The molecule has 2 N–H and O–H groups in total. The SMILES string of the molecule is CCn1ncnc1COc1cc(F)cc(B(O)O)c1. The van der Waals surface area contributed by atoms with Crippen molar-refractivity contribution in [2.75, 3.05) is 0 Å². The van der Waals surface area contributed by atoms with Gasteiger partial charge < -0.3 is 14.8 Å². The molecule has 19 heavy (non-hydrogen) atoms. The van der Waals surface area contributed by atoms with Gasteiger partial charge in [-0.2, -0.15) is 5.10 Å². The zero-order valence-electron chi connectivity index (χ0n) is 10.3. The molecule has 1 aromatic carbocycles. The Hall–Kier alpha value is -1.93. The number of aryl methyl sites for hydroxylation is 1. The van der Waals surface area contributed by atoms with Crippen LogP contribution in [0.3, 0.4) is 0 Å². The zero-order chi connectivity index (χ0) is 13.8. The summed E-state index contributed by atoms with van der Waals surface area (Å²) < 4.78 is 20.3. The van der Waals surface area contributed by atoms with Crippen molar-refractivity contribution in [2.24, 2.45) is 0 Å². The summed E-state index contributed by atoms with van der Waals surface area (Å²) in [5.74, 6) is 0.212. The molecule has 0 fully saturated rings. The summed E-state index contributed by atoms with van der Waals surface area (Å²) in [6.07, 6.45) is 1.41. The maximum atomic E-state index is 13.3. The summed E-state index contributed by atoms with van der Waals surface area (Å²) in [7, 11) is -1.74. The minimum atomic E-state index is -1.74. The Morgan fingerprint density at radius 2 is 2.16 bits per heavy atom. The van der Waals surface area contributed by atoms with E-state index < -0.39 is 12.9 Å². The van der Waals surface area contributed by atoms with Crippen molar-refractivity contribution in [3.8, 4) is 5.75 Å². The second-order valence-electron chi connectivity index (χ2n) is 3.87. The summed E-state index contributed by atoms with van der Waals surface area (Å²) >= 11 is 0. The molecule has 0 atom stereocenters. The van der Waals surface area contributed by atoms with Gasteiger partial charge in [-0.25, -0.2) is 14.1 Å². The Kier molecular flexibility index (Phi) is 4.13. The number of hydrogen-bond donors (Lipinski definition) is 2. The highest BCUT2D eigenvalue weighted by molar-refractivity contribution is 6.58. The molecule has 0 unspecified atom stereocenters. The van der Waals surface area contributed by atoms with E-state index in [-0.39, 0.29) is 17.8 Å². The van der Waals surface area contributed by atoms with E-state index in [4.69, 9.17) is 14.8 Å². The minimum Gasteiger partial charge on any atom is -0.486 e. The van der Waals surface area contributed by atoms with Crippen LogP contribution in [-0.4, -0.2) is 31.9 Å². The molecule has 0 aliphatic rings. The third kappa shape index (κ3) is 3.30. The van der Waals surface area contributed by atoms with Crippen LogP contribution in [0.15, 0.2) is 24.5 Å². The molecule has 8 heteroatoms. The lowest BCUT2D eigenvalue weighted by Gasteiger charge is -2.08. The first kappa shape index (κ1) is 13.5. The van der Waals surface area contributed by atoms with Crippen molar-refractivity contribution in [3.63, 3.8) is 0 Å². The van der Waals surface area contributed by atoms with E-state index in [1.807, 2.05) is 6.92 Å². The third-order valence-electron chi connectivity index (χ3n) is 2.55.